The fourth-order valence-electron chi connectivity index (χ4n) is 3.07. The van der Waals surface area contributed by atoms with E-state index in [1.54, 1.807) is 14.2 Å². The summed E-state index contributed by atoms with van der Waals surface area (Å²) in [6.45, 7) is 3.81. The van der Waals surface area contributed by atoms with E-state index in [9.17, 15) is 0 Å². The van der Waals surface area contributed by atoms with Crippen molar-refractivity contribution in [1.82, 2.24) is 0 Å². The Kier molecular flexibility index (Phi) is 5.29. The summed E-state index contributed by atoms with van der Waals surface area (Å²) in [6.07, 6.45) is 1.83. The van der Waals surface area contributed by atoms with Crippen LogP contribution < -0.4 is 10.4 Å². The smallest absolute Gasteiger partial charge is 0.391 e. The van der Waals surface area contributed by atoms with E-state index < -0.39 is 8.56 Å². The zero-order chi connectivity index (χ0) is 17.7. The number of rotatable bonds is 6. The Morgan fingerprint density at radius 3 is 1.64 bits per heavy atom. The predicted octanol–water partition coefficient (Wildman–Crippen LogP) is 3.85. The SMILES string of the molecule is C=Cc1ccc([Si](OC)(OC)c2ccc(-c3ccccc3)cc2)cc1. The lowest BCUT2D eigenvalue weighted by Crippen LogP contribution is -2.62. The van der Waals surface area contributed by atoms with Gasteiger partial charge in [-0.25, -0.2) is 0 Å². The lowest BCUT2D eigenvalue weighted by atomic mass is 10.1. The fourth-order valence-corrected chi connectivity index (χ4v) is 5.73. The Morgan fingerprint density at radius 2 is 1.16 bits per heavy atom. The average molecular weight is 347 g/mol. The van der Waals surface area contributed by atoms with Gasteiger partial charge in [0.2, 0.25) is 0 Å². The highest BCUT2D eigenvalue weighted by molar-refractivity contribution is 6.92. The van der Waals surface area contributed by atoms with Crippen molar-refractivity contribution >= 4 is 25.0 Å². The maximum atomic E-state index is 5.97. The first-order valence-electron chi connectivity index (χ1n) is 8.23. The van der Waals surface area contributed by atoms with Gasteiger partial charge >= 0.3 is 8.56 Å². The van der Waals surface area contributed by atoms with Crippen LogP contribution in [-0.2, 0) is 8.85 Å². The molecule has 0 fully saturated rings. The van der Waals surface area contributed by atoms with Crippen LogP contribution in [0, 0.1) is 0 Å². The average Bonchev–Trinajstić information content (AvgIpc) is 2.71. The van der Waals surface area contributed by atoms with Crippen LogP contribution in [0.2, 0.25) is 0 Å². The largest absolute Gasteiger partial charge is 0.406 e. The molecule has 0 unspecified atom stereocenters. The summed E-state index contributed by atoms with van der Waals surface area (Å²) in [5.74, 6) is 0. The van der Waals surface area contributed by atoms with E-state index in [1.165, 1.54) is 11.1 Å². The molecular formula is C22H22O2Si. The van der Waals surface area contributed by atoms with Crippen molar-refractivity contribution in [3.8, 4) is 11.1 Å². The highest BCUT2D eigenvalue weighted by Crippen LogP contribution is 2.18. The molecule has 2 nitrogen and oxygen atoms in total. The number of hydrogen-bond donors (Lipinski definition) is 0. The van der Waals surface area contributed by atoms with Crippen molar-refractivity contribution in [2.24, 2.45) is 0 Å². The van der Waals surface area contributed by atoms with E-state index in [-0.39, 0.29) is 0 Å². The van der Waals surface area contributed by atoms with Crippen molar-refractivity contribution in [3.05, 3.63) is 91.0 Å². The van der Waals surface area contributed by atoms with Crippen LogP contribution in [0.1, 0.15) is 5.56 Å². The monoisotopic (exact) mass is 346 g/mol. The second-order valence-corrected chi connectivity index (χ2v) is 9.00. The minimum absolute atomic E-state index is 1.08. The standard InChI is InChI=1S/C22H22O2Si/c1-4-18-10-14-21(15-11-18)25(23-2,24-3)22-16-12-20(13-17-22)19-8-6-5-7-9-19/h4-17H,1H2,2-3H3. The topological polar surface area (TPSA) is 18.5 Å². The Hall–Kier alpha value is -2.46. The van der Waals surface area contributed by atoms with Crippen LogP contribution in [0.3, 0.4) is 0 Å². The molecule has 0 aliphatic carbocycles. The summed E-state index contributed by atoms with van der Waals surface area (Å²) in [4.78, 5) is 0. The molecule has 0 N–H and O–H groups in total. The molecule has 0 heterocycles. The molecule has 3 aromatic carbocycles. The Balaban J connectivity index is 2.01. The van der Waals surface area contributed by atoms with E-state index in [0.29, 0.717) is 0 Å². The molecule has 126 valence electrons. The minimum Gasteiger partial charge on any atom is -0.391 e. The van der Waals surface area contributed by atoms with E-state index in [0.717, 1.165) is 15.9 Å². The first-order valence-corrected chi connectivity index (χ1v) is 10.0. The van der Waals surface area contributed by atoms with Gasteiger partial charge in [-0.15, -0.1) is 0 Å². The number of benzene rings is 3. The fraction of sp³-hybridized carbons (Fsp3) is 0.0909. The minimum atomic E-state index is -2.69. The van der Waals surface area contributed by atoms with Crippen LogP contribution in [0.15, 0.2) is 85.4 Å². The first kappa shape index (κ1) is 17.4. The molecule has 0 bridgehead atoms. The maximum absolute atomic E-state index is 5.97. The molecule has 0 saturated carbocycles. The van der Waals surface area contributed by atoms with Gasteiger partial charge in [0.1, 0.15) is 0 Å². The molecule has 0 amide bonds. The van der Waals surface area contributed by atoms with Gasteiger partial charge in [-0.2, -0.15) is 0 Å². The summed E-state index contributed by atoms with van der Waals surface area (Å²) >= 11 is 0. The Labute approximate surface area is 150 Å². The number of hydrogen-bond acceptors (Lipinski definition) is 2. The molecule has 0 aromatic heterocycles. The van der Waals surface area contributed by atoms with Gasteiger partial charge in [0.25, 0.3) is 0 Å². The van der Waals surface area contributed by atoms with Gasteiger partial charge in [0, 0.05) is 14.2 Å². The third-order valence-corrected chi connectivity index (χ3v) is 7.81. The maximum Gasteiger partial charge on any atom is 0.406 e. The van der Waals surface area contributed by atoms with E-state index in [2.05, 4.69) is 55.1 Å². The Bertz CT molecular complexity index is 820. The molecule has 25 heavy (non-hydrogen) atoms. The van der Waals surface area contributed by atoms with Crippen molar-refractivity contribution in [3.63, 3.8) is 0 Å². The van der Waals surface area contributed by atoms with Crippen molar-refractivity contribution < 1.29 is 8.85 Å². The summed E-state index contributed by atoms with van der Waals surface area (Å²) in [5, 5.41) is 2.17. The van der Waals surface area contributed by atoms with E-state index in [4.69, 9.17) is 8.85 Å². The van der Waals surface area contributed by atoms with E-state index in [1.807, 2.05) is 36.4 Å². The third-order valence-electron chi connectivity index (χ3n) is 4.47. The lowest BCUT2D eigenvalue weighted by Gasteiger charge is -2.28. The molecule has 3 rings (SSSR count). The molecule has 0 aliphatic rings. The second-order valence-electron chi connectivity index (χ2n) is 5.79. The zero-order valence-corrected chi connectivity index (χ0v) is 15.6. The van der Waals surface area contributed by atoms with Crippen LogP contribution >= 0.6 is 0 Å². The van der Waals surface area contributed by atoms with Crippen LogP contribution in [0.5, 0.6) is 0 Å². The van der Waals surface area contributed by atoms with Crippen LogP contribution in [0.25, 0.3) is 17.2 Å². The zero-order valence-electron chi connectivity index (χ0n) is 14.6. The van der Waals surface area contributed by atoms with Gasteiger partial charge in [0.15, 0.2) is 0 Å². The molecule has 0 saturated heterocycles. The molecule has 0 radical (unpaired) electrons. The first-order chi connectivity index (χ1) is 12.2. The normalized spacial score (nSPS) is 11.3. The van der Waals surface area contributed by atoms with Crippen LogP contribution in [-0.4, -0.2) is 22.8 Å². The highest BCUT2D eigenvalue weighted by atomic mass is 28.4. The molecule has 0 aliphatic heterocycles. The third kappa shape index (κ3) is 3.35. The molecule has 0 spiro atoms. The van der Waals surface area contributed by atoms with Crippen LogP contribution in [0.4, 0.5) is 0 Å². The van der Waals surface area contributed by atoms with Crippen molar-refractivity contribution in [2.45, 2.75) is 0 Å². The van der Waals surface area contributed by atoms with Crippen molar-refractivity contribution in [1.29, 1.82) is 0 Å². The van der Waals surface area contributed by atoms with Gasteiger partial charge in [-0.05, 0) is 27.1 Å². The molecular weight excluding hydrogens is 324 g/mol. The van der Waals surface area contributed by atoms with Crippen molar-refractivity contribution in [2.75, 3.05) is 14.2 Å². The summed E-state index contributed by atoms with van der Waals surface area (Å²) in [5.41, 5.74) is 3.46. The summed E-state index contributed by atoms with van der Waals surface area (Å²) in [6, 6.07) is 27.1. The lowest BCUT2D eigenvalue weighted by molar-refractivity contribution is 0.272. The van der Waals surface area contributed by atoms with E-state index >= 15 is 0 Å². The second kappa shape index (κ2) is 7.62. The molecule has 0 atom stereocenters. The summed E-state index contributed by atoms with van der Waals surface area (Å²) < 4.78 is 11.9. The van der Waals surface area contributed by atoms with Gasteiger partial charge in [0.05, 0.1) is 0 Å². The van der Waals surface area contributed by atoms with Gasteiger partial charge < -0.3 is 8.85 Å². The summed E-state index contributed by atoms with van der Waals surface area (Å²) in [7, 11) is 0.759. The quantitative estimate of drug-likeness (QED) is 0.631. The predicted molar refractivity (Wildman–Crippen MR) is 107 cm³/mol. The molecule has 3 heteroatoms. The highest BCUT2D eigenvalue weighted by Gasteiger charge is 2.40. The van der Waals surface area contributed by atoms with Gasteiger partial charge in [-0.3, -0.25) is 0 Å². The van der Waals surface area contributed by atoms with Gasteiger partial charge in [-0.1, -0.05) is 91.5 Å². The molecule has 3 aromatic rings. The Morgan fingerprint density at radius 1 is 0.680 bits per heavy atom.